The summed E-state index contributed by atoms with van der Waals surface area (Å²) in [6.07, 6.45) is -4.58. The fraction of sp³-hybridized carbons (Fsp3) is 0.200. The Morgan fingerprint density at radius 1 is 1.17 bits per heavy atom. The van der Waals surface area contributed by atoms with Gasteiger partial charge in [0, 0.05) is 18.2 Å². The molecule has 7 nitrogen and oxygen atoms in total. The smallest absolute Gasteiger partial charge is 0.383 e. The molecule has 0 atom stereocenters. The number of rotatable bonds is 3. The number of amides is 1. The zero-order chi connectivity index (χ0) is 22.5. The first-order valence-electron chi connectivity index (χ1n) is 8.88. The summed E-state index contributed by atoms with van der Waals surface area (Å²) in [5, 5.41) is 14.8. The minimum absolute atomic E-state index is 0.0608. The number of pyridine rings is 1. The maximum Gasteiger partial charge on any atom is 0.435 e. The number of carbonyl (C=O) groups excluding carboxylic acids is 1. The number of nitrogens with zero attached hydrogens (tertiary/aromatic N) is 4. The van der Waals surface area contributed by atoms with Crippen molar-refractivity contribution in [2.45, 2.75) is 20.0 Å². The van der Waals surface area contributed by atoms with Crippen molar-refractivity contribution in [2.24, 2.45) is 7.05 Å². The van der Waals surface area contributed by atoms with E-state index in [1.807, 2.05) is 19.9 Å². The predicted octanol–water partition coefficient (Wildman–Crippen LogP) is 4.23. The Bertz CT molecular complexity index is 1080. The van der Waals surface area contributed by atoms with E-state index in [1.54, 1.807) is 0 Å². The molecule has 3 N–H and O–H groups in total. The van der Waals surface area contributed by atoms with Crippen molar-refractivity contribution in [2.75, 3.05) is 11.1 Å². The molecule has 10 heteroatoms. The quantitative estimate of drug-likeness (QED) is 0.664. The first-order chi connectivity index (χ1) is 14.2. The van der Waals surface area contributed by atoms with E-state index in [1.165, 1.54) is 43.4 Å². The van der Waals surface area contributed by atoms with E-state index in [-0.39, 0.29) is 22.9 Å². The summed E-state index contributed by atoms with van der Waals surface area (Å²) < 4.78 is 39.5. The lowest BCUT2D eigenvalue weighted by Crippen LogP contribution is -2.13. The molecule has 1 aromatic carbocycles. The topological polar surface area (TPSA) is 110 Å². The van der Waals surface area contributed by atoms with Crippen LogP contribution in [0.15, 0.2) is 42.5 Å². The number of aryl methyl sites for hydroxylation is 1. The van der Waals surface area contributed by atoms with E-state index in [2.05, 4.69) is 15.4 Å². The van der Waals surface area contributed by atoms with Gasteiger partial charge in [-0.25, -0.2) is 4.98 Å². The Morgan fingerprint density at radius 2 is 1.80 bits per heavy atom. The molecule has 3 aromatic rings. The summed E-state index contributed by atoms with van der Waals surface area (Å²) in [6.45, 7) is 4.00. The molecular formula is C20H19F3N6O. The summed E-state index contributed by atoms with van der Waals surface area (Å²) in [5.74, 6) is -0.396. The summed E-state index contributed by atoms with van der Waals surface area (Å²) in [6, 6.07) is 11.7. The Morgan fingerprint density at radius 3 is 2.30 bits per heavy atom. The number of aromatic nitrogens is 3. The van der Waals surface area contributed by atoms with Crippen LogP contribution >= 0.6 is 0 Å². The van der Waals surface area contributed by atoms with Crippen LogP contribution in [0.25, 0.3) is 11.3 Å². The van der Waals surface area contributed by atoms with Gasteiger partial charge in [-0.2, -0.15) is 23.5 Å². The molecule has 0 aliphatic heterocycles. The van der Waals surface area contributed by atoms with Gasteiger partial charge in [-0.1, -0.05) is 13.8 Å². The van der Waals surface area contributed by atoms with Gasteiger partial charge in [0.1, 0.15) is 11.6 Å². The number of nitrogens with one attached hydrogen (secondary N) is 1. The van der Waals surface area contributed by atoms with Gasteiger partial charge >= 0.3 is 6.18 Å². The van der Waals surface area contributed by atoms with Crippen LogP contribution in [0.4, 0.5) is 24.8 Å². The zero-order valence-corrected chi connectivity index (χ0v) is 16.4. The normalized spacial score (nSPS) is 10.6. The molecule has 2 aromatic heterocycles. The Kier molecular flexibility index (Phi) is 6.79. The van der Waals surface area contributed by atoms with Crippen LogP contribution in [0.5, 0.6) is 0 Å². The molecule has 0 spiro atoms. The van der Waals surface area contributed by atoms with Crippen molar-refractivity contribution >= 4 is 17.5 Å². The number of nitrogens with two attached hydrogens (primary N) is 1. The third-order valence-corrected chi connectivity index (χ3v) is 3.89. The highest BCUT2D eigenvalue weighted by Crippen LogP contribution is 2.33. The maximum atomic E-state index is 12.8. The number of hydrogen-bond donors (Lipinski definition) is 2. The fourth-order valence-electron chi connectivity index (χ4n) is 2.50. The number of nitrogen functional groups attached to an aromatic ring is 1. The van der Waals surface area contributed by atoms with Gasteiger partial charge in [-0.05, 0) is 42.5 Å². The van der Waals surface area contributed by atoms with Crippen LogP contribution in [-0.4, -0.2) is 20.7 Å². The third-order valence-electron chi connectivity index (χ3n) is 3.89. The van der Waals surface area contributed by atoms with Crippen molar-refractivity contribution in [1.29, 1.82) is 5.26 Å². The largest absolute Gasteiger partial charge is 0.435 e. The van der Waals surface area contributed by atoms with Crippen LogP contribution in [-0.2, 0) is 13.2 Å². The van der Waals surface area contributed by atoms with E-state index in [4.69, 9.17) is 11.0 Å². The fourth-order valence-corrected chi connectivity index (χ4v) is 2.50. The average molecular weight is 416 g/mol. The van der Waals surface area contributed by atoms with E-state index < -0.39 is 17.8 Å². The maximum absolute atomic E-state index is 12.8. The SMILES string of the molecule is CC.Cn1nc(C(F)(F)F)cc1-c1ccc(NC(=O)c2ccc(C#N)cc2)nc1N. The number of nitriles is 1. The van der Waals surface area contributed by atoms with Gasteiger partial charge in [-0.3, -0.25) is 9.48 Å². The molecule has 30 heavy (non-hydrogen) atoms. The molecule has 0 bridgehead atoms. The standard InChI is InChI=1S/C18H13F3N6O.C2H6/c1-27-13(8-14(26-27)18(19,20)21)12-6-7-15(24-16(12)23)25-17(28)11-4-2-10(9-22)3-5-11;1-2/h2-8H,1H3,(H3,23,24,25,28);1-2H3. The molecule has 0 fully saturated rings. The van der Waals surface area contributed by atoms with E-state index in [9.17, 15) is 18.0 Å². The van der Waals surface area contributed by atoms with Crippen LogP contribution < -0.4 is 11.1 Å². The second kappa shape index (κ2) is 9.09. The second-order valence-electron chi connectivity index (χ2n) is 5.81. The number of benzene rings is 1. The minimum Gasteiger partial charge on any atom is -0.383 e. The average Bonchev–Trinajstić information content (AvgIpc) is 3.11. The van der Waals surface area contributed by atoms with Gasteiger partial charge < -0.3 is 11.1 Å². The predicted molar refractivity (Wildman–Crippen MR) is 106 cm³/mol. The Hall–Kier alpha value is -3.87. The van der Waals surface area contributed by atoms with Crippen LogP contribution in [0, 0.1) is 11.3 Å². The van der Waals surface area contributed by atoms with E-state index >= 15 is 0 Å². The monoisotopic (exact) mass is 416 g/mol. The van der Waals surface area contributed by atoms with Gasteiger partial charge in [0.25, 0.3) is 5.91 Å². The molecule has 0 unspecified atom stereocenters. The minimum atomic E-state index is -4.58. The number of halogens is 3. The highest BCUT2D eigenvalue weighted by Gasteiger charge is 2.35. The zero-order valence-electron chi connectivity index (χ0n) is 16.4. The Balaban J connectivity index is 0.00000155. The third kappa shape index (κ3) is 4.94. The molecular weight excluding hydrogens is 397 g/mol. The molecule has 0 saturated heterocycles. The van der Waals surface area contributed by atoms with Crippen molar-refractivity contribution in [3.63, 3.8) is 0 Å². The van der Waals surface area contributed by atoms with Crippen LogP contribution in [0.2, 0.25) is 0 Å². The first kappa shape index (κ1) is 22.4. The van der Waals surface area contributed by atoms with E-state index in [0.717, 1.165) is 10.7 Å². The Labute approximate surface area is 171 Å². The van der Waals surface area contributed by atoms with Gasteiger partial charge in [0.05, 0.1) is 17.3 Å². The van der Waals surface area contributed by atoms with Crippen molar-refractivity contribution < 1.29 is 18.0 Å². The molecule has 2 heterocycles. The number of carbonyl (C=O) groups is 1. The molecule has 0 aliphatic rings. The second-order valence-corrected chi connectivity index (χ2v) is 5.81. The van der Waals surface area contributed by atoms with Gasteiger partial charge in [0.15, 0.2) is 5.69 Å². The molecule has 156 valence electrons. The lowest BCUT2D eigenvalue weighted by molar-refractivity contribution is -0.141. The molecule has 1 amide bonds. The van der Waals surface area contributed by atoms with Crippen molar-refractivity contribution in [1.82, 2.24) is 14.8 Å². The summed E-state index contributed by atoms with van der Waals surface area (Å²) in [5.41, 5.74) is 5.95. The van der Waals surface area contributed by atoms with Crippen LogP contribution in [0.3, 0.4) is 0 Å². The van der Waals surface area contributed by atoms with Gasteiger partial charge in [-0.15, -0.1) is 0 Å². The highest BCUT2D eigenvalue weighted by molar-refractivity contribution is 6.04. The lowest BCUT2D eigenvalue weighted by atomic mass is 10.1. The van der Waals surface area contributed by atoms with Gasteiger partial charge in [0.2, 0.25) is 0 Å². The summed E-state index contributed by atoms with van der Waals surface area (Å²) in [4.78, 5) is 16.3. The molecule has 0 radical (unpaired) electrons. The number of alkyl halides is 3. The summed E-state index contributed by atoms with van der Waals surface area (Å²) in [7, 11) is 1.37. The molecule has 0 aliphatic carbocycles. The molecule has 3 rings (SSSR count). The molecule has 0 saturated carbocycles. The van der Waals surface area contributed by atoms with Crippen molar-refractivity contribution in [3.05, 3.63) is 59.3 Å². The lowest BCUT2D eigenvalue weighted by Gasteiger charge is -2.09. The summed E-state index contributed by atoms with van der Waals surface area (Å²) >= 11 is 0. The first-order valence-corrected chi connectivity index (χ1v) is 8.88. The number of hydrogen-bond acceptors (Lipinski definition) is 5. The number of anilines is 2. The highest BCUT2D eigenvalue weighted by atomic mass is 19.4. The van der Waals surface area contributed by atoms with Crippen LogP contribution in [0.1, 0.15) is 35.5 Å². The van der Waals surface area contributed by atoms with Crippen molar-refractivity contribution in [3.8, 4) is 17.3 Å². The van der Waals surface area contributed by atoms with E-state index in [0.29, 0.717) is 11.1 Å².